The van der Waals surface area contributed by atoms with Crippen LogP contribution in [0.15, 0.2) is 49.2 Å². The number of rotatable bonds is 8. The molecule has 0 radical (unpaired) electrons. The summed E-state index contributed by atoms with van der Waals surface area (Å²) in [5.41, 5.74) is 1.05. The van der Waals surface area contributed by atoms with Gasteiger partial charge in [0.2, 0.25) is 18.6 Å². The molecule has 3 aromatic rings. The van der Waals surface area contributed by atoms with Gasteiger partial charge in [-0.15, -0.1) is 0 Å². The summed E-state index contributed by atoms with van der Waals surface area (Å²) < 4.78 is 18.2. The fourth-order valence-corrected chi connectivity index (χ4v) is 5.23. The molecular formula is C27H31N7O5. The molecule has 2 aromatic heterocycles. The predicted octanol–water partition coefficient (Wildman–Crippen LogP) is 1.34. The molecular weight excluding hydrogens is 502 g/mol. The summed E-state index contributed by atoms with van der Waals surface area (Å²) in [5, 5.41) is 3.02. The highest BCUT2D eigenvalue weighted by molar-refractivity contribution is 5.83. The number of ether oxygens (including phenoxy) is 3. The zero-order valence-corrected chi connectivity index (χ0v) is 21.6. The maximum Gasteiger partial charge on any atom is 0.252 e. The molecule has 0 saturated carbocycles. The molecule has 0 aliphatic carbocycles. The minimum absolute atomic E-state index is 0.0351. The van der Waals surface area contributed by atoms with Crippen molar-refractivity contribution in [3.05, 3.63) is 54.7 Å². The van der Waals surface area contributed by atoms with Gasteiger partial charge in [0.05, 0.1) is 6.04 Å². The van der Waals surface area contributed by atoms with E-state index in [0.29, 0.717) is 51.6 Å². The number of carbonyl (C=O) groups is 2. The fraction of sp³-hybridized carbons (Fsp3) is 0.444. The second kappa shape index (κ2) is 11.3. The number of anilines is 1. The summed E-state index contributed by atoms with van der Waals surface area (Å²) in [7, 11) is 0. The quantitative estimate of drug-likeness (QED) is 0.457. The Morgan fingerprint density at radius 2 is 2.03 bits per heavy atom. The van der Waals surface area contributed by atoms with Crippen molar-refractivity contribution in [2.24, 2.45) is 0 Å². The largest absolute Gasteiger partial charge is 0.454 e. The molecule has 6 rings (SSSR count). The van der Waals surface area contributed by atoms with Crippen molar-refractivity contribution in [3.8, 4) is 17.4 Å². The number of hydrogen-bond donors (Lipinski definition) is 1. The summed E-state index contributed by atoms with van der Waals surface area (Å²) >= 11 is 0. The van der Waals surface area contributed by atoms with E-state index in [-0.39, 0.29) is 31.1 Å². The first-order valence-electron chi connectivity index (χ1n) is 13.3. The fourth-order valence-electron chi connectivity index (χ4n) is 5.23. The van der Waals surface area contributed by atoms with E-state index in [1.54, 1.807) is 29.5 Å². The number of fused-ring (bicyclic) bond motifs is 1. The standard InChI is InChI=1S/C27H31N7O5/c35-25(29-7-5-19-3-4-21-23(14-19)39-18-38-21)15-20-16-32(11-12-34(20)26(36)22-2-1-13-37-22)24-6-8-30-27(31-24)33-10-9-28-17-33/h3-4,6,8-10,14,17,20,22H,1-2,5,7,11-13,15-16,18H2,(H,29,35). The van der Waals surface area contributed by atoms with Crippen molar-refractivity contribution in [2.45, 2.75) is 37.8 Å². The van der Waals surface area contributed by atoms with Crippen LogP contribution in [-0.2, 0) is 20.7 Å². The Morgan fingerprint density at radius 3 is 2.87 bits per heavy atom. The Hall–Kier alpha value is -4.19. The second-order valence-corrected chi connectivity index (χ2v) is 9.81. The van der Waals surface area contributed by atoms with Crippen LogP contribution in [0.4, 0.5) is 5.82 Å². The summed E-state index contributed by atoms with van der Waals surface area (Å²) in [4.78, 5) is 43.4. The maximum atomic E-state index is 13.3. The van der Waals surface area contributed by atoms with E-state index in [9.17, 15) is 9.59 Å². The van der Waals surface area contributed by atoms with Gasteiger partial charge in [-0.25, -0.2) is 9.97 Å². The number of nitrogens with zero attached hydrogens (tertiary/aromatic N) is 6. The number of carbonyl (C=O) groups excluding carboxylic acids is 2. The Kier molecular flexibility index (Phi) is 7.26. The number of aromatic nitrogens is 4. The average molecular weight is 534 g/mol. The molecule has 12 nitrogen and oxygen atoms in total. The Labute approximate surface area is 225 Å². The SMILES string of the molecule is O=C(CC1CN(c2ccnc(-n3ccnc3)n2)CCN1C(=O)C1CCCO1)NCCc1ccc2c(c1)OCO2. The van der Waals surface area contributed by atoms with Crippen LogP contribution in [-0.4, -0.2) is 88.0 Å². The molecule has 204 valence electrons. The molecule has 2 saturated heterocycles. The third-order valence-electron chi connectivity index (χ3n) is 7.25. The first-order chi connectivity index (χ1) is 19.1. The lowest BCUT2D eigenvalue weighted by molar-refractivity contribution is -0.144. The second-order valence-electron chi connectivity index (χ2n) is 9.81. The monoisotopic (exact) mass is 533 g/mol. The molecule has 0 spiro atoms. The van der Waals surface area contributed by atoms with Gasteiger partial charge in [0, 0.05) is 57.8 Å². The van der Waals surface area contributed by atoms with Gasteiger partial charge in [-0.3, -0.25) is 14.2 Å². The number of imidazole rings is 1. The summed E-state index contributed by atoms with van der Waals surface area (Å²) in [5.74, 6) is 2.58. The van der Waals surface area contributed by atoms with Crippen molar-refractivity contribution in [1.82, 2.24) is 29.7 Å². The van der Waals surface area contributed by atoms with Gasteiger partial charge in [-0.2, -0.15) is 4.98 Å². The minimum atomic E-state index is -0.431. The zero-order valence-electron chi connectivity index (χ0n) is 21.6. The number of amides is 2. The Bertz CT molecular complexity index is 1310. The number of piperazine rings is 1. The number of nitrogens with one attached hydrogen (secondary N) is 1. The van der Waals surface area contributed by atoms with Crippen LogP contribution in [0.1, 0.15) is 24.8 Å². The third-order valence-corrected chi connectivity index (χ3v) is 7.25. The van der Waals surface area contributed by atoms with Crippen molar-refractivity contribution in [2.75, 3.05) is 44.5 Å². The minimum Gasteiger partial charge on any atom is -0.454 e. The molecule has 2 unspecified atom stereocenters. The molecule has 39 heavy (non-hydrogen) atoms. The third kappa shape index (κ3) is 5.65. The molecule has 3 aliphatic rings. The van der Waals surface area contributed by atoms with Gasteiger partial charge in [0.15, 0.2) is 11.5 Å². The van der Waals surface area contributed by atoms with E-state index in [1.165, 1.54) is 0 Å². The molecule has 1 N–H and O–H groups in total. The Morgan fingerprint density at radius 1 is 1.10 bits per heavy atom. The van der Waals surface area contributed by atoms with Crippen LogP contribution >= 0.6 is 0 Å². The topological polar surface area (TPSA) is 124 Å². The van der Waals surface area contributed by atoms with Crippen LogP contribution in [0.2, 0.25) is 0 Å². The average Bonchev–Trinajstić information content (AvgIpc) is 3.75. The lowest BCUT2D eigenvalue weighted by Gasteiger charge is -2.42. The van der Waals surface area contributed by atoms with E-state index < -0.39 is 6.10 Å². The van der Waals surface area contributed by atoms with Crippen molar-refractivity contribution in [3.63, 3.8) is 0 Å². The molecule has 2 amide bonds. The highest BCUT2D eigenvalue weighted by atomic mass is 16.7. The Balaban J connectivity index is 1.12. The van der Waals surface area contributed by atoms with Gasteiger partial charge < -0.3 is 29.3 Å². The summed E-state index contributed by atoms with van der Waals surface area (Å²) in [6, 6.07) is 7.33. The van der Waals surface area contributed by atoms with Gasteiger partial charge in [0.25, 0.3) is 5.91 Å². The highest BCUT2D eigenvalue weighted by Gasteiger charge is 2.37. The molecule has 12 heteroatoms. The van der Waals surface area contributed by atoms with Gasteiger partial charge in [-0.1, -0.05) is 6.07 Å². The highest BCUT2D eigenvalue weighted by Crippen LogP contribution is 2.32. The van der Waals surface area contributed by atoms with Gasteiger partial charge >= 0.3 is 0 Å². The molecule has 2 atom stereocenters. The number of benzene rings is 1. The van der Waals surface area contributed by atoms with Crippen LogP contribution in [0.5, 0.6) is 11.5 Å². The number of hydrogen-bond acceptors (Lipinski definition) is 9. The molecule has 0 bridgehead atoms. The van der Waals surface area contributed by atoms with Crippen molar-refractivity contribution in [1.29, 1.82) is 0 Å². The van der Waals surface area contributed by atoms with Crippen LogP contribution in [0.3, 0.4) is 0 Å². The van der Waals surface area contributed by atoms with E-state index >= 15 is 0 Å². The van der Waals surface area contributed by atoms with E-state index in [1.807, 2.05) is 29.2 Å². The van der Waals surface area contributed by atoms with Gasteiger partial charge in [-0.05, 0) is 43.0 Å². The van der Waals surface area contributed by atoms with Crippen molar-refractivity contribution >= 4 is 17.6 Å². The lowest BCUT2D eigenvalue weighted by Crippen LogP contribution is -2.58. The van der Waals surface area contributed by atoms with Crippen LogP contribution in [0, 0.1) is 0 Å². The molecule has 5 heterocycles. The van der Waals surface area contributed by atoms with Crippen molar-refractivity contribution < 1.29 is 23.8 Å². The first-order valence-corrected chi connectivity index (χ1v) is 13.3. The normalized spacial score (nSPS) is 20.3. The van der Waals surface area contributed by atoms with E-state index in [0.717, 1.165) is 29.3 Å². The smallest absolute Gasteiger partial charge is 0.252 e. The van der Waals surface area contributed by atoms with E-state index in [4.69, 9.17) is 19.2 Å². The molecule has 1 aromatic carbocycles. The lowest BCUT2D eigenvalue weighted by atomic mass is 10.1. The molecule has 3 aliphatic heterocycles. The molecule has 2 fully saturated rings. The maximum absolute atomic E-state index is 13.3. The summed E-state index contributed by atoms with van der Waals surface area (Å²) in [6.45, 7) is 2.87. The van der Waals surface area contributed by atoms with Gasteiger partial charge in [0.1, 0.15) is 18.2 Å². The van der Waals surface area contributed by atoms with Crippen LogP contribution in [0.25, 0.3) is 5.95 Å². The predicted molar refractivity (Wildman–Crippen MR) is 140 cm³/mol. The van der Waals surface area contributed by atoms with Crippen LogP contribution < -0.4 is 19.7 Å². The summed E-state index contributed by atoms with van der Waals surface area (Å²) in [6.07, 6.45) is 8.83. The zero-order chi connectivity index (χ0) is 26.6. The van der Waals surface area contributed by atoms with E-state index in [2.05, 4.69) is 20.2 Å². The first kappa shape index (κ1) is 25.1.